The Hall–Kier alpha value is -0.650. The van der Waals surface area contributed by atoms with E-state index in [1.807, 2.05) is 27.9 Å². The van der Waals surface area contributed by atoms with E-state index in [1.54, 1.807) is 6.92 Å². The standard InChI is InChI=1S/C14H31N3O2/c1-8-17(12(4)9-16(6)7)10-14(5,13(18)19)15-11(2)3/h11-12,15H,8-10H2,1-7H3,(H,18,19). The van der Waals surface area contributed by atoms with Crippen LogP contribution in [0.2, 0.25) is 0 Å². The molecule has 0 spiro atoms. The van der Waals surface area contributed by atoms with Gasteiger partial charge in [-0.1, -0.05) is 6.92 Å². The maximum absolute atomic E-state index is 11.6. The summed E-state index contributed by atoms with van der Waals surface area (Å²) in [6, 6.07) is 0.469. The lowest BCUT2D eigenvalue weighted by Crippen LogP contribution is -2.60. The lowest BCUT2D eigenvalue weighted by atomic mass is 9.99. The first-order valence-electron chi connectivity index (χ1n) is 7.02. The van der Waals surface area contributed by atoms with E-state index in [1.165, 1.54) is 0 Å². The minimum atomic E-state index is -0.912. The zero-order valence-electron chi connectivity index (χ0n) is 13.5. The van der Waals surface area contributed by atoms with Gasteiger partial charge in [0, 0.05) is 25.2 Å². The van der Waals surface area contributed by atoms with Gasteiger partial charge in [-0.2, -0.15) is 0 Å². The second-order valence-corrected chi connectivity index (χ2v) is 6.11. The maximum atomic E-state index is 11.6. The molecule has 2 unspecified atom stereocenters. The maximum Gasteiger partial charge on any atom is 0.324 e. The molecular weight excluding hydrogens is 242 g/mol. The third-order valence-electron chi connectivity index (χ3n) is 3.26. The van der Waals surface area contributed by atoms with Gasteiger partial charge in [-0.3, -0.25) is 15.0 Å². The molecule has 0 amide bonds. The summed E-state index contributed by atoms with van der Waals surface area (Å²) in [5.41, 5.74) is -0.912. The molecule has 19 heavy (non-hydrogen) atoms. The minimum Gasteiger partial charge on any atom is -0.480 e. The summed E-state index contributed by atoms with van der Waals surface area (Å²) in [5, 5.41) is 12.7. The highest BCUT2D eigenvalue weighted by atomic mass is 16.4. The summed E-state index contributed by atoms with van der Waals surface area (Å²) in [7, 11) is 4.07. The number of aliphatic carboxylic acids is 1. The molecule has 0 aliphatic carbocycles. The Balaban J connectivity index is 4.83. The third-order valence-corrected chi connectivity index (χ3v) is 3.26. The van der Waals surface area contributed by atoms with Crippen molar-refractivity contribution in [3.8, 4) is 0 Å². The van der Waals surface area contributed by atoms with Crippen molar-refractivity contribution in [1.82, 2.24) is 15.1 Å². The highest BCUT2D eigenvalue weighted by Crippen LogP contribution is 2.12. The highest BCUT2D eigenvalue weighted by Gasteiger charge is 2.36. The zero-order valence-corrected chi connectivity index (χ0v) is 13.5. The highest BCUT2D eigenvalue weighted by molar-refractivity contribution is 5.78. The van der Waals surface area contributed by atoms with Gasteiger partial charge < -0.3 is 10.0 Å². The minimum absolute atomic E-state index is 0.143. The molecule has 5 heteroatoms. The lowest BCUT2D eigenvalue weighted by molar-refractivity contribution is -0.145. The SMILES string of the molecule is CCN(CC(C)(NC(C)C)C(=O)O)C(C)CN(C)C. The van der Waals surface area contributed by atoms with Crippen LogP contribution in [0.15, 0.2) is 0 Å². The van der Waals surface area contributed by atoms with Gasteiger partial charge in [0.05, 0.1) is 0 Å². The van der Waals surface area contributed by atoms with Crippen molar-refractivity contribution in [2.45, 2.75) is 52.2 Å². The average molecular weight is 273 g/mol. The van der Waals surface area contributed by atoms with Gasteiger partial charge in [-0.15, -0.1) is 0 Å². The number of likely N-dealkylation sites (N-methyl/N-ethyl adjacent to an activating group) is 2. The summed E-state index contributed by atoms with van der Waals surface area (Å²) < 4.78 is 0. The van der Waals surface area contributed by atoms with Crippen molar-refractivity contribution in [2.75, 3.05) is 33.7 Å². The van der Waals surface area contributed by atoms with E-state index in [-0.39, 0.29) is 6.04 Å². The van der Waals surface area contributed by atoms with Crippen LogP contribution in [0.25, 0.3) is 0 Å². The summed E-state index contributed by atoms with van der Waals surface area (Å²) >= 11 is 0. The average Bonchev–Trinajstić information content (AvgIpc) is 2.23. The summed E-state index contributed by atoms with van der Waals surface area (Å²) in [5.74, 6) is -0.795. The molecule has 0 aliphatic rings. The summed E-state index contributed by atoms with van der Waals surface area (Å²) in [4.78, 5) is 15.9. The van der Waals surface area contributed by atoms with Crippen molar-refractivity contribution in [3.63, 3.8) is 0 Å². The third kappa shape index (κ3) is 6.36. The van der Waals surface area contributed by atoms with Crippen LogP contribution < -0.4 is 5.32 Å². The molecule has 0 saturated carbocycles. The fourth-order valence-electron chi connectivity index (χ4n) is 2.44. The summed E-state index contributed by atoms with van der Waals surface area (Å²) in [6.45, 7) is 12.2. The molecule has 0 heterocycles. The van der Waals surface area contributed by atoms with Crippen molar-refractivity contribution < 1.29 is 9.90 Å². The van der Waals surface area contributed by atoms with Crippen LogP contribution in [0.1, 0.15) is 34.6 Å². The molecule has 0 bridgehead atoms. The molecule has 0 aromatic heterocycles. The number of hydrogen-bond acceptors (Lipinski definition) is 4. The number of carboxylic acids is 1. The van der Waals surface area contributed by atoms with Crippen LogP contribution in [-0.4, -0.2) is 72.2 Å². The van der Waals surface area contributed by atoms with Crippen molar-refractivity contribution in [2.24, 2.45) is 0 Å². The van der Waals surface area contributed by atoms with Gasteiger partial charge >= 0.3 is 5.97 Å². The molecule has 0 aromatic carbocycles. The Labute approximate surface area is 118 Å². The van der Waals surface area contributed by atoms with Gasteiger partial charge in [0.1, 0.15) is 5.54 Å². The topological polar surface area (TPSA) is 55.8 Å². The second kappa shape index (κ2) is 7.82. The van der Waals surface area contributed by atoms with Crippen molar-refractivity contribution in [1.29, 1.82) is 0 Å². The van der Waals surface area contributed by atoms with Crippen LogP contribution in [0.3, 0.4) is 0 Å². The van der Waals surface area contributed by atoms with Crippen LogP contribution >= 0.6 is 0 Å². The molecule has 114 valence electrons. The molecule has 5 nitrogen and oxygen atoms in total. The molecule has 0 radical (unpaired) electrons. The number of hydrogen-bond donors (Lipinski definition) is 2. The van der Waals surface area contributed by atoms with E-state index >= 15 is 0 Å². The monoisotopic (exact) mass is 273 g/mol. The normalized spacial score (nSPS) is 16.9. The lowest BCUT2D eigenvalue weighted by Gasteiger charge is -2.37. The quantitative estimate of drug-likeness (QED) is 0.659. The van der Waals surface area contributed by atoms with Gasteiger partial charge in [0.25, 0.3) is 0 Å². The van der Waals surface area contributed by atoms with Crippen LogP contribution in [0.4, 0.5) is 0 Å². The number of carboxylic acid groups (broad SMARTS) is 1. The number of nitrogens with one attached hydrogen (secondary N) is 1. The molecule has 2 N–H and O–H groups in total. The van der Waals surface area contributed by atoms with Crippen molar-refractivity contribution in [3.05, 3.63) is 0 Å². The predicted octanol–water partition coefficient (Wildman–Crippen LogP) is 1.10. The smallest absolute Gasteiger partial charge is 0.324 e. The first-order chi connectivity index (χ1) is 8.62. The number of rotatable bonds is 9. The molecule has 0 saturated heterocycles. The number of nitrogens with zero attached hydrogens (tertiary/aromatic N) is 2. The second-order valence-electron chi connectivity index (χ2n) is 6.11. The zero-order chi connectivity index (χ0) is 15.2. The van der Waals surface area contributed by atoms with Gasteiger partial charge in [-0.25, -0.2) is 0 Å². The van der Waals surface area contributed by atoms with Crippen LogP contribution in [-0.2, 0) is 4.79 Å². The Morgan fingerprint density at radius 2 is 1.84 bits per heavy atom. The summed E-state index contributed by atoms with van der Waals surface area (Å²) in [6.07, 6.45) is 0. The van der Waals surface area contributed by atoms with Gasteiger partial charge in [0.15, 0.2) is 0 Å². The Morgan fingerprint density at radius 1 is 1.32 bits per heavy atom. The predicted molar refractivity (Wildman–Crippen MR) is 79.6 cm³/mol. The molecule has 0 aromatic rings. The molecule has 0 aliphatic heterocycles. The number of carbonyl (C=O) groups is 1. The molecule has 2 atom stereocenters. The fraction of sp³-hybridized carbons (Fsp3) is 0.929. The van der Waals surface area contributed by atoms with E-state index < -0.39 is 11.5 Å². The first-order valence-corrected chi connectivity index (χ1v) is 7.02. The van der Waals surface area contributed by atoms with E-state index in [0.29, 0.717) is 12.6 Å². The molecular formula is C14H31N3O2. The Bertz CT molecular complexity index is 282. The molecule has 0 rings (SSSR count). The Kier molecular flexibility index (Phi) is 7.55. The largest absolute Gasteiger partial charge is 0.480 e. The van der Waals surface area contributed by atoms with Gasteiger partial charge in [0.2, 0.25) is 0 Å². The van der Waals surface area contributed by atoms with Crippen molar-refractivity contribution >= 4 is 5.97 Å². The van der Waals surface area contributed by atoms with E-state index in [4.69, 9.17) is 0 Å². The van der Waals surface area contributed by atoms with Crippen LogP contribution in [0, 0.1) is 0 Å². The van der Waals surface area contributed by atoms with Crippen LogP contribution in [0.5, 0.6) is 0 Å². The van der Waals surface area contributed by atoms with E-state index in [2.05, 4.69) is 29.0 Å². The molecule has 0 fully saturated rings. The first kappa shape index (κ1) is 18.4. The van der Waals surface area contributed by atoms with Gasteiger partial charge in [-0.05, 0) is 48.3 Å². The van der Waals surface area contributed by atoms with E-state index in [0.717, 1.165) is 13.1 Å². The Morgan fingerprint density at radius 3 is 2.16 bits per heavy atom. The fourth-order valence-corrected chi connectivity index (χ4v) is 2.44. The van der Waals surface area contributed by atoms with E-state index in [9.17, 15) is 9.90 Å².